The smallest absolute Gasteiger partial charge is 0.151 e. The molecule has 102 valence electrons. The number of thioether (sulfide) groups is 1. The Morgan fingerprint density at radius 2 is 2.24 bits per heavy atom. The van der Waals surface area contributed by atoms with Gasteiger partial charge in [0, 0.05) is 30.9 Å². The molecule has 0 aromatic rings. The summed E-state index contributed by atoms with van der Waals surface area (Å²) >= 11 is 1.86. The van der Waals surface area contributed by atoms with E-state index in [0.717, 1.165) is 25.3 Å². The van der Waals surface area contributed by atoms with E-state index in [4.69, 9.17) is 0 Å². The zero-order valence-electron chi connectivity index (χ0n) is 11.0. The second-order valence-corrected chi connectivity index (χ2v) is 7.98. The Morgan fingerprint density at radius 3 is 2.76 bits per heavy atom. The highest BCUT2D eigenvalue weighted by Gasteiger charge is 2.27. The van der Waals surface area contributed by atoms with Gasteiger partial charge in [0.2, 0.25) is 0 Å². The summed E-state index contributed by atoms with van der Waals surface area (Å²) in [6.07, 6.45) is 2.89. The minimum atomic E-state index is -2.75. The summed E-state index contributed by atoms with van der Waals surface area (Å²) < 4.78 is 22.6. The van der Waals surface area contributed by atoms with E-state index in [9.17, 15) is 8.42 Å². The van der Waals surface area contributed by atoms with Crippen molar-refractivity contribution in [2.45, 2.75) is 25.4 Å². The number of nitrogens with zero attached hydrogens (tertiary/aromatic N) is 1. The van der Waals surface area contributed by atoms with Crippen molar-refractivity contribution in [3.05, 3.63) is 0 Å². The molecular formula is C11H24N2O2S2. The molecule has 2 atom stereocenters. The van der Waals surface area contributed by atoms with Gasteiger partial charge in [0.1, 0.15) is 0 Å². The van der Waals surface area contributed by atoms with Gasteiger partial charge in [-0.15, -0.1) is 0 Å². The molecule has 1 saturated heterocycles. The first-order valence-corrected chi connectivity index (χ1v) is 9.29. The molecule has 4 nitrogen and oxygen atoms in total. The Labute approximate surface area is 109 Å². The number of likely N-dealkylation sites (N-methyl/N-ethyl adjacent to an activating group) is 1. The maximum Gasteiger partial charge on any atom is 0.151 e. The van der Waals surface area contributed by atoms with Crippen LogP contribution in [0.25, 0.3) is 0 Å². The van der Waals surface area contributed by atoms with Crippen LogP contribution in [-0.2, 0) is 9.84 Å². The van der Waals surface area contributed by atoms with Crippen molar-refractivity contribution in [1.29, 1.82) is 0 Å². The van der Waals surface area contributed by atoms with Crippen molar-refractivity contribution in [1.82, 2.24) is 10.2 Å². The van der Waals surface area contributed by atoms with Crippen molar-refractivity contribution < 1.29 is 8.42 Å². The van der Waals surface area contributed by atoms with E-state index >= 15 is 0 Å². The van der Waals surface area contributed by atoms with Crippen molar-refractivity contribution in [3.8, 4) is 0 Å². The first kappa shape index (κ1) is 15.3. The van der Waals surface area contributed by atoms with Gasteiger partial charge in [0.15, 0.2) is 9.84 Å². The summed E-state index contributed by atoms with van der Waals surface area (Å²) in [7, 11) is -0.632. The highest BCUT2D eigenvalue weighted by atomic mass is 32.2. The molecular weight excluding hydrogens is 256 g/mol. The van der Waals surface area contributed by atoms with Gasteiger partial charge >= 0.3 is 0 Å². The number of hydrogen-bond acceptors (Lipinski definition) is 5. The van der Waals surface area contributed by atoms with Crippen molar-refractivity contribution in [2.24, 2.45) is 0 Å². The van der Waals surface area contributed by atoms with Gasteiger partial charge in [-0.25, -0.2) is 8.42 Å². The lowest BCUT2D eigenvalue weighted by atomic mass is 10.2. The molecule has 1 aliphatic rings. The minimum absolute atomic E-state index is 0.171. The first-order chi connectivity index (χ1) is 7.94. The molecule has 0 saturated carbocycles. The lowest BCUT2D eigenvalue weighted by Crippen LogP contribution is -2.40. The number of rotatable bonds is 7. The van der Waals surface area contributed by atoms with E-state index in [2.05, 4.69) is 30.4 Å². The number of hydrogen-bond donors (Lipinski definition) is 1. The Kier molecular flexibility index (Phi) is 6.26. The van der Waals surface area contributed by atoms with Gasteiger partial charge in [-0.3, -0.25) is 0 Å². The first-order valence-electron chi connectivity index (χ1n) is 6.07. The van der Waals surface area contributed by atoms with Crippen LogP contribution in [0, 0.1) is 0 Å². The predicted molar refractivity (Wildman–Crippen MR) is 75.5 cm³/mol. The summed E-state index contributed by atoms with van der Waals surface area (Å²) in [6, 6.07) is 0.739. The standard InChI is InChI=1S/C11H24N2O2S2/c1-10(8-16-3)13(2)6-5-12-11-4-7-17(14,15)9-11/h10-12H,4-9H2,1-3H3. The highest BCUT2D eigenvalue weighted by Crippen LogP contribution is 2.11. The summed E-state index contributed by atoms with van der Waals surface area (Å²) in [4.78, 5) is 2.31. The average Bonchev–Trinajstić information content (AvgIpc) is 2.58. The zero-order valence-corrected chi connectivity index (χ0v) is 12.6. The molecule has 0 amide bonds. The van der Waals surface area contributed by atoms with E-state index in [0.29, 0.717) is 17.5 Å². The van der Waals surface area contributed by atoms with Crippen LogP contribution in [0.15, 0.2) is 0 Å². The van der Waals surface area contributed by atoms with E-state index < -0.39 is 9.84 Å². The van der Waals surface area contributed by atoms with Crippen LogP contribution < -0.4 is 5.32 Å². The van der Waals surface area contributed by atoms with Crippen molar-refractivity contribution >= 4 is 21.6 Å². The normalized spacial score (nSPS) is 25.3. The minimum Gasteiger partial charge on any atom is -0.312 e. The largest absolute Gasteiger partial charge is 0.312 e. The molecule has 6 heteroatoms. The molecule has 1 rings (SSSR count). The van der Waals surface area contributed by atoms with Crippen LogP contribution in [0.5, 0.6) is 0 Å². The van der Waals surface area contributed by atoms with E-state index in [1.807, 2.05) is 11.8 Å². The molecule has 0 spiro atoms. The second-order valence-electron chi connectivity index (χ2n) is 4.84. The van der Waals surface area contributed by atoms with E-state index in [1.165, 1.54) is 0 Å². The molecule has 0 aromatic carbocycles. The fourth-order valence-electron chi connectivity index (χ4n) is 1.99. The number of sulfone groups is 1. The van der Waals surface area contributed by atoms with Crippen molar-refractivity contribution in [2.75, 3.05) is 43.7 Å². The molecule has 2 unspecified atom stereocenters. The lowest BCUT2D eigenvalue weighted by Gasteiger charge is -2.24. The summed E-state index contributed by atoms with van der Waals surface area (Å²) in [5.74, 6) is 1.80. The lowest BCUT2D eigenvalue weighted by molar-refractivity contribution is 0.273. The Balaban J connectivity index is 2.16. The maximum absolute atomic E-state index is 11.3. The second kappa shape index (κ2) is 6.97. The van der Waals surface area contributed by atoms with Gasteiger partial charge in [0.25, 0.3) is 0 Å². The van der Waals surface area contributed by atoms with Gasteiger partial charge in [-0.1, -0.05) is 0 Å². The van der Waals surface area contributed by atoms with Crippen LogP contribution in [-0.4, -0.2) is 69.1 Å². The van der Waals surface area contributed by atoms with Gasteiger partial charge in [-0.2, -0.15) is 11.8 Å². The molecule has 0 radical (unpaired) electrons. The third-order valence-electron chi connectivity index (χ3n) is 3.29. The van der Waals surface area contributed by atoms with Crippen LogP contribution in [0.3, 0.4) is 0 Å². The molecule has 1 aliphatic heterocycles. The quantitative estimate of drug-likeness (QED) is 0.734. The van der Waals surface area contributed by atoms with E-state index in [1.54, 1.807) is 0 Å². The predicted octanol–water partition coefficient (Wildman–Crippen LogP) is 0.446. The van der Waals surface area contributed by atoms with Gasteiger partial charge in [0.05, 0.1) is 11.5 Å². The van der Waals surface area contributed by atoms with Crippen LogP contribution in [0.2, 0.25) is 0 Å². The maximum atomic E-state index is 11.3. The van der Waals surface area contributed by atoms with Gasteiger partial charge < -0.3 is 10.2 Å². The summed E-state index contributed by atoms with van der Waals surface area (Å²) in [6.45, 7) is 4.06. The zero-order chi connectivity index (χ0) is 12.9. The Morgan fingerprint density at radius 1 is 1.53 bits per heavy atom. The van der Waals surface area contributed by atoms with Crippen LogP contribution in [0.1, 0.15) is 13.3 Å². The highest BCUT2D eigenvalue weighted by molar-refractivity contribution is 7.98. The molecule has 1 fully saturated rings. The Bertz CT molecular complexity index is 319. The molecule has 1 heterocycles. The monoisotopic (exact) mass is 280 g/mol. The SMILES string of the molecule is CSCC(C)N(C)CCNC1CCS(=O)(=O)C1. The third-order valence-corrected chi connectivity index (χ3v) is 5.87. The van der Waals surface area contributed by atoms with Crippen LogP contribution in [0.4, 0.5) is 0 Å². The van der Waals surface area contributed by atoms with Crippen molar-refractivity contribution in [3.63, 3.8) is 0 Å². The van der Waals surface area contributed by atoms with E-state index in [-0.39, 0.29) is 6.04 Å². The Hall–Kier alpha value is 0.220. The fourth-order valence-corrected chi connectivity index (χ4v) is 4.43. The molecule has 0 aromatic heterocycles. The van der Waals surface area contributed by atoms with Gasteiger partial charge in [-0.05, 0) is 26.6 Å². The third kappa shape index (κ3) is 5.59. The molecule has 1 N–H and O–H groups in total. The molecule has 0 aliphatic carbocycles. The average molecular weight is 280 g/mol. The summed E-state index contributed by atoms with van der Waals surface area (Å²) in [5, 5.41) is 3.34. The topological polar surface area (TPSA) is 49.4 Å². The fraction of sp³-hybridized carbons (Fsp3) is 1.00. The molecule has 17 heavy (non-hydrogen) atoms. The van der Waals surface area contributed by atoms with Crippen LogP contribution >= 0.6 is 11.8 Å². The number of nitrogens with one attached hydrogen (secondary N) is 1. The summed E-state index contributed by atoms with van der Waals surface area (Å²) in [5.41, 5.74) is 0. The molecule has 0 bridgehead atoms.